The highest BCUT2D eigenvalue weighted by Gasteiger charge is 2.43. The lowest BCUT2D eigenvalue weighted by Crippen LogP contribution is -2.50. The molecule has 0 radical (unpaired) electrons. The largest absolute Gasteiger partial charge is 0.493 e. The summed E-state index contributed by atoms with van der Waals surface area (Å²) in [5, 5.41) is 3.45. The van der Waals surface area contributed by atoms with Crippen molar-refractivity contribution in [2.45, 2.75) is 63.2 Å². The summed E-state index contributed by atoms with van der Waals surface area (Å²) in [6, 6.07) is 16.4. The number of carbonyl (C=O) groups is 1. The zero-order valence-corrected chi connectivity index (χ0v) is 22.2. The van der Waals surface area contributed by atoms with Crippen LogP contribution in [0.4, 0.5) is 5.69 Å². The fourth-order valence-corrected chi connectivity index (χ4v) is 6.82. The Morgan fingerprint density at radius 3 is 2.81 bits per heavy atom. The molecule has 2 aromatic carbocycles. The normalized spacial score (nSPS) is 29.3. The Morgan fingerprint density at radius 1 is 1.11 bits per heavy atom. The highest BCUT2D eigenvalue weighted by Crippen LogP contribution is 2.41. The molecular weight excluding hydrogens is 462 g/mol. The zero-order chi connectivity index (χ0) is 25.4. The first-order chi connectivity index (χ1) is 18.0. The van der Waals surface area contributed by atoms with Crippen molar-refractivity contribution < 1.29 is 9.53 Å². The van der Waals surface area contributed by atoms with Gasteiger partial charge in [-0.2, -0.15) is 0 Å². The molecule has 1 amide bonds. The van der Waals surface area contributed by atoms with Gasteiger partial charge in [0, 0.05) is 57.3 Å². The summed E-state index contributed by atoms with van der Waals surface area (Å²) in [6.45, 7) is 3.76. The topological polar surface area (TPSA) is 68.9 Å². The van der Waals surface area contributed by atoms with Crippen LogP contribution in [0.3, 0.4) is 0 Å². The van der Waals surface area contributed by atoms with Gasteiger partial charge in [-0.05, 0) is 79.5 Å². The van der Waals surface area contributed by atoms with Crippen LogP contribution in [0.1, 0.15) is 54.8 Å². The van der Waals surface area contributed by atoms with Gasteiger partial charge in [0.15, 0.2) is 0 Å². The van der Waals surface area contributed by atoms with Gasteiger partial charge in [0.05, 0.1) is 12.6 Å². The van der Waals surface area contributed by atoms with Gasteiger partial charge in [0.25, 0.3) is 0 Å². The lowest BCUT2D eigenvalue weighted by molar-refractivity contribution is -0.127. The summed E-state index contributed by atoms with van der Waals surface area (Å²) >= 11 is 0. The molecule has 4 aliphatic rings. The third kappa shape index (κ3) is 5.35. The smallest absolute Gasteiger partial charge is 0.223 e. The van der Waals surface area contributed by atoms with Gasteiger partial charge < -0.3 is 15.0 Å². The van der Waals surface area contributed by atoms with E-state index in [4.69, 9.17) is 4.74 Å². The van der Waals surface area contributed by atoms with Gasteiger partial charge in [-0.3, -0.25) is 15.1 Å². The maximum Gasteiger partial charge on any atom is 0.223 e. The molecular formula is C30H41N5O2. The number of fused-ring (bicyclic) bond motifs is 2. The zero-order valence-electron chi connectivity index (χ0n) is 22.2. The molecule has 3 heterocycles. The minimum Gasteiger partial charge on any atom is -0.493 e. The van der Waals surface area contributed by atoms with Crippen LogP contribution >= 0.6 is 0 Å². The van der Waals surface area contributed by atoms with E-state index >= 15 is 0 Å². The van der Waals surface area contributed by atoms with Crippen molar-refractivity contribution in [3.63, 3.8) is 0 Å². The molecule has 3 fully saturated rings. The number of piperidine rings is 1. The third-order valence-corrected chi connectivity index (χ3v) is 8.91. The molecule has 6 rings (SSSR count). The van der Waals surface area contributed by atoms with Gasteiger partial charge >= 0.3 is 0 Å². The summed E-state index contributed by atoms with van der Waals surface area (Å²) in [6.07, 6.45) is 6.13. The molecule has 0 aromatic heterocycles. The van der Waals surface area contributed by atoms with Crippen LogP contribution in [0, 0.1) is 11.8 Å². The molecule has 0 spiro atoms. The second-order valence-corrected chi connectivity index (χ2v) is 11.7. The molecule has 3 aliphatic heterocycles. The van der Waals surface area contributed by atoms with E-state index in [2.05, 4.69) is 82.5 Å². The van der Waals surface area contributed by atoms with Crippen molar-refractivity contribution in [2.75, 3.05) is 38.7 Å². The minimum atomic E-state index is 0.0946. The van der Waals surface area contributed by atoms with Crippen LogP contribution in [0.5, 0.6) is 5.75 Å². The highest BCUT2D eigenvalue weighted by molar-refractivity contribution is 5.79. The molecule has 1 aliphatic carbocycles. The van der Waals surface area contributed by atoms with E-state index in [1.807, 2.05) is 0 Å². The van der Waals surface area contributed by atoms with Crippen LogP contribution in [0.25, 0.3) is 0 Å². The summed E-state index contributed by atoms with van der Waals surface area (Å²) < 4.78 is 5.70. The molecule has 7 heteroatoms. The fraction of sp³-hybridized carbons (Fsp3) is 0.567. The van der Waals surface area contributed by atoms with Crippen molar-refractivity contribution in [3.05, 3.63) is 59.2 Å². The summed E-state index contributed by atoms with van der Waals surface area (Å²) in [7, 11) is 4.14. The average Bonchev–Trinajstić information content (AvgIpc) is 3.55. The lowest BCUT2D eigenvalue weighted by atomic mass is 9.74. The molecule has 7 nitrogen and oxygen atoms in total. The molecule has 0 bridgehead atoms. The average molecular weight is 504 g/mol. The van der Waals surface area contributed by atoms with Crippen LogP contribution in [0.15, 0.2) is 42.5 Å². The monoisotopic (exact) mass is 503 g/mol. The SMILES string of the molecule is CN(C)c1ccc(CN2CCC[C@@H](NC(=O)C3CCC4NNC(c5ccc6c(c5)CCO6)C4C3)C2)cc1. The van der Waals surface area contributed by atoms with Gasteiger partial charge in [0.1, 0.15) is 5.75 Å². The van der Waals surface area contributed by atoms with Crippen molar-refractivity contribution in [1.29, 1.82) is 0 Å². The van der Waals surface area contributed by atoms with Crippen molar-refractivity contribution in [2.24, 2.45) is 11.8 Å². The Balaban J connectivity index is 1.04. The van der Waals surface area contributed by atoms with E-state index in [0.29, 0.717) is 12.0 Å². The maximum atomic E-state index is 13.4. The Kier molecular flexibility index (Phi) is 7.10. The number of nitrogens with one attached hydrogen (secondary N) is 3. The third-order valence-electron chi connectivity index (χ3n) is 8.91. The van der Waals surface area contributed by atoms with Gasteiger partial charge in [-0.15, -0.1) is 0 Å². The summed E-state index contributed by atoms with van der Waals surface area (Å²) in [5.41, 5.74) is 12.3. The number of benzene rings is 2. The number of rotatable bonds is 6. The second kappa shape index (κ2) is 10.6. The standard InChI is InChI=1S/C30H41N5O2/c1-34(2)25-9-5-20(6-10-25)18-35-14-3-4-24(19-35)31-30(36)23-7-11-27-26(17-23)29(33-32-27)22-8-12-28-21(16-22)13-15-37-28/h5-6,8-10,12,16,23-24,26-27,29,32-33H,3-4,7,11,13-15,17-19H2,1-2H3,(H,31,36)/t23?,24-,26?,27?,29?/m1/s1. The quantitative estimate of drug-likeness (QED) is 0.562. The lowest BCUT2D eigenvalue weighted by Gasteiger charge is -2.36. The summed E-state index contributed by atoms with van der Waals surface area (Å²) in [5.74, 6) is 1.81. The van der Waals surface area contributed by atoms with Gasteiger partial charge in [0.2, 0.25) is 5.91 Å². The number of hydrogen-bond acceptors (Lipinski definition) is 6. The molecule has 5 atom stereocenters. The number of hydrazine groups is 1. The van der Waals surface area contributed by atoms with Crippen molar-refractivity contribution in [3.8, 4) is 5.75 Å². The van der Waals surface area contributed by atoms with Crippen LogP contribution in [-0.2, 0) is 17.8 Å². The predicted octanol–water partition coefficient (Wildman–Crippen LogP) is 3.40. The number of anilines is 1. The van der Waals surface area contributed by atoms with Crippen molar-refractivity contribution >= 4 is 11.6 Å². The van der Waals surface area contributed by atoms with Crippen LogP contribution < -0.4 is 25.8 Å². The summed E-state index contributed by atoms with van der Waals surface area (Å²) in [4.78, 5) is 18.0. The molecule has 1 saturated carbocycles. The molecule has 2 aromatic rings. The number of likely N-dealkylation sites (tertiary alicyclic amines) is 1. The van der Waals surface area contributed by atoms with Crippen LogP contribution in [0.2, 0.25) is 0 Å². The van der Waals surface area contributed by atoms with E-state index in [1.165, 1.54) is 22.4 Å². The van der Waals surface area contributed by atoms with Crippen LogP contribution in [-0.4, -0.2) is 56.7 Å². The minimum absolute atomic E-state index is 0.0946. The highest BCUT2D eigenvalue weighted by atomic mass is 16.5. The van der Waals surface area contributed by atoms with E-state index in [9.17, 15) is 4.79 Å². The van der Waals surface area contributed by atoms with Crippen molar-refractivity contribution in [1.82, 2.24) is 21.1 Å². The number of nitrogens with zero attached hydrogens (tertiary/aromatic N) is 2. The van der Waals surface area contributed by atoms with E-state index in [-0.39, 0.29) is 23.9 Å². The molecule has 2 saturated heterocycles. The van der Waals surface area contributed by atoms with Gasteiger partial charge in [-0.1, -0.05) is 24.3 Å². The second-order valence-electron chi connectivity index (χ2n) is 11.7. The Morgan fingerprint density at radius 2 is 1.97 bits per heavy atom. The Labute approximate surface area is 220 Å². The van der Waals surface area contributed by atoms with E-state index < -0.39 is 0 Å². The maximum absolute atomic E-state index is 13.4. The molecule has 3 N–H and O–H groups in total. The molecule has 37 heavy (non-hydrogen) atoms. The number of hydrogen-bond donors (Lipinski definition) is 3. The number of carbonyl (C=O) groups excluding carboxylic acids is 1. The first-order valence-electron chi connectivity index (χ1n) is 14.1. The van der Waals surface area contributed by atoms with E-state index in [0.717, 1.165) is 70.5 Å². The van der Waals surface area contributed by atoms with E-state index in [1.54, 1.807) is 0 Å². The number of amides is 1. The first kappa shape index (κ1) is 24.7. The van der Waals surface area contributed by atoms with Gasteiger partial charge in [-0.25, -0.2) is 5.43 Å². The predicted molar refractivity (Wildman–Crippen MR) is 146 cm³/mol. The fourth-order valence-electron chi connectivity index (χ4n) is 6.82. The molecule has 198 valence electrons. The Bertz CT molecular complexity index is 1100. The Hall–Kier alpha value is -2.61. The first-order valence-corrected chi connectivity index (χ1v) is 14.1. The molecule has 4 unspecified atom stereocenters. The number of ether oxygens (including phenoxy) is 1.